The average Bonchev–Trinajstić information content (AvgIpc) is 3.69. The first-order valence-electron chi connectivity index (χ1n) is 13.2. The monoisotopic (exact) mass is 638 g/mol. The van der Waals surface area contributed by atoms with E-state index < -0.39 is 81.9 Å². The fourth-order valence-corrected chi connectivity index (χ4v) is 5.93. The molecule has 1 saturated heterocycles. The number of carbonyl (C=O) groups is 2. The largest absolute Gasteiger partial charge is 0.444 e. The molecule has 3 atom stereocenters. The van der Waals surface area contributed by atoms with Crippen LogP contribution in [0.3, 0.4) is 0 Å². The number of H-pyrrole nitrogens is 1. The zero-order chi connectivity index (χ0) is 31.9. The first-order chi connectivity index (χ1) is 20.7. The van der Waals surface area contributed by atoms with Crippen molar-refractivity contribution in [3.8, 4) is 5.75 Å². The lowest BCUT2D eigenvalue weighted by Crippen LogP contribution is -2.46. The first kappa shape index (κ1) is 31.0. The van der Waals surface area contributed by atoms with Crippen LogP contribution in [0.5, 0.6) is 5.75 Å². The molecular weight excluding hydrogens is 614 g/mol. The molecule has 1 aliphatic rings. The third-order valence-electron chi connectivity index (χ3n) is 6.95. The van der Waals surface area contributed by atoms with Gasteiger partial charge < -0.3 is 9.47 Å². The fraction of sp³-hybridized carbons (Fsp3) is 0.310. The normalized spacial score (nSPS) is 18.8. The zero-order valence-corrected chi connectivity index (χ0v) is 24.2. The van der Waals surface area contributed by atoms with Crippen LogP contribution in [0.25, 0.3) is 0 Å². The van der Waals surface area contributed by atoms with Gasteiger partial charge in [-0.05, 0) is 51.0 Å². The van der Waals surface area contributed by atoms with Crippen LogP contribution in [0.15, 0.2) is 41.9 Å². The highest BCUT2D eigenvalue weighted by atomic mass is 32.1. The van der Waals surface area contributed by atoms with Gasteiger partial charge in [0.1, 0.15) is 11.4 Å². The van der Waals surface area contributed by atoms with Gasteiger partial charge in [-0.25, -0.2) is 32.1 Å². The Balaban J connectivity index is 1.50. The van der Waals surface area contributed by atoms with Gasteiger partial charge in [-0.1, -0.05) is 12.1 Å². The number of carbonyl (C=O) groups excluding carboxylic acids is 2. The van der Waals surface area contributed by atoms with Crippen molar-refractivity contribution in [2.24, 2.45) is 0 Å². The number of hydrogen-bond donors (Lipinski definition) is 1. The molecule has 0 saturated carbocycles. The van der Waals surface area contributed by atoms with Gasteiger partial charge >= 0.3 is 12.1 Å². The minimum absolute atomic E-state index is 0.0822. The Bertz CT molecular complexity index is 1660. The van der Waals surface area contributed by atoms with Gasteiger partial charge in [0.25, 0.3) is 0 Å². The number of nitrogens with one attached hydrogen (secondary N) is 1. The first-order valence-corrected chi connectivity index (χ1v) is 14.1. The van der Waals surface area contributed by atoms with Gasteiger partial charge in [0.2, 0.25) is 34.8 Å². The van der Waals surface area contributed by atoms with Crippen LogP contribution in [-0.2, 0) is 4.74 Å². The van der Waals surface area contributed by atoms with Gasteiger partial charge in [0.05, 0.1) is 16.7 Å². The minimum atomic E-state index is -2.40. The molecule has 1 aliphatic heterocycles. The Morgan fingerprint density at radius 1 is 0.932 bits per heavy atom. The lowest BCUT2D eigenvalue weighted by atomic mass is 9.77. The summed E-state index contributed by atoms with van der Waals surface area (Å²) in [5, 5.41) is 8.42. The Hall–Kier alpha value is -4.40. The van der Waals surface area contributed by atoms with E-state index in [4.69, 9.17) is 4.74 Å². The summed E-state index contributed by atoms with van der Waals surface area (Å²) >= 11 is 0.990. The topological polar surface area (TPSA) is 97.4 Å². The number of hydrogen-bond acceptors (Lipinski definition) is 7. The van der Waals surface area contributed by atoms with Crippen molar-refractivity contribution in [1.82, 2.24) is 20.1 Å². The molecule has 0 spiro atoms. The number of rotatable bonds is 5. The Morgan fingerprint density at radius 2 is 1.57 bits per heavy atom. The number of halogens is 6. The van der Waals surface area contributed by atoms with Crippen molar-refractivity contribution in [3.05, 3.63) is 98.8 Å². The number of benzene rings is 2. The predicted octanol–water partition coefficient (Wildman–Crippen LogP) is 7.17. The summed E-state index contributed by atoms with van der Waals surface area (Å²) in [7, 11) is 0. The number of aromatic amines is 1. The number of piperidine rings is 1. The third-order valence-corrected chi connectivity index (χ3v) is 7.93. The van der Waals surface area contributed by atoms with Gasteiger partial charge in [0.15, 0.2) is 5.69 Å². The van der Waals surface area contributed by atoms with Gasteiger partial charge in [-0.2, -0.15) is 13.9 Å². The van der Waals surface area contributed by atoms with Crippen molar-refractivity contribution in [1.29, 1.82) is 0 Å². The highest BCUT2D eigenvalue weighted by Crippen LogP contribution is 2.47. The second-order valence-electron chi connectivity index (χ2n) is 11.0. The van der Waals surface area contributed by atoms with Crippen LogP contribution in [0.2, 0.25) is 0 Å². The molecule has 44 heavy (non-hydrogen) atoms. The lowest BCUT2D eigenvalue weighted by Gasteiger charge is -2.43. The van der Waals surface area contributed by atoms with Crippen LogP contribution in [-0.4, -0.2) is 44.3 Å². The molecule has 1 fully saturated rings. The third kappa shape index (κ3) is 6.14. The number of aromatic nitrogens is 3. The van der Waals surface area contributed by atoms with E-state index in [2.05, 4.69) is 19.9 Å². The summed E-state index contributed by atoms with van der Waals surface area (Å²) in [6.07, 6.45) is 1.14. The molecule has 1 N–H and O–H groups in total. The van der Waals surface area contributed by atoms with E-state index >= 15 is 0 Å². The maximum atomic E-state index is 14.1. The van der Waals surface area contributed by atoms with Crippen LogP contribution in [0.1, 0.15) is 71.8 Å². The molecule has 15 heteroatoms. The van der Waals surface area contributed by atoms with Gasteiger partial charge in [-0.15, -0.1) is 11.3 Å². The van der Waals surface area contributed by atoms with Gasteiger partial charge in [0, 0.05) is 30.0 Å². The number of esters is 1. The van der Waals surface area contributed by atoms with E-state index in [0.717, 1.165) is 11.3 Å². The Kier molecular flexibility index (Phi) is 8.42. The van der Waals surface area contributed by atoms with Crippen molar-refractivity contribution < 1.29 is 45.4 Å². The fourth-order valence-electron chi connectivity index (χ4n) is 4.96. The lowest BCUT2D eigenvalue weighted by molar-refractivity contribution is 0.00402. The minimum Gasteiger partial charge on any atom is -0.444 e. The Morgan fingerprint density at radius 3 is 2.16 bits per heavy atom. The maximum Gasteiger partial charge on any atom is 0.410 e. The average molecular weight is 639 g/mol. The molecular formula is C29H24F6N4O4S. The van der Waals surface area contributed by atoms with Crippen molar-refractivity contribution in [2.75, 3.05) is 6.54 Å². The molecule has 2 aromatic heterocycles. The van der Waals surface area contributed by atoms with Crippen molar-refractivity contribution >= 4 is 23.4 Å². The van der Waals surface area contributed by atoms with Crippen molar-refractivity contribution in [2.45, 2.75) is 50.7 Å². The molecule has 0 aliphatic carbocycles. The SMILES string of the molecule is CC(C)(C)OC(=O)N1CC(c2ccc(F)cc2)C(c2nc(C(=O)Oc3c(F)c(F)c(F)c(F)c3F)cs2)CC1c1ccn[nH]1. The van der Waals surface area contributed by atoms with E-state index in [1.807, 2.05) is 0 Å². The summed E-state index contributed by atoms with van der Waals surface area (Å²) in [4.78, 5) is 32.0. The van der Waals surface area contributed by atoms with Crippen LogP contribution >= 0.6 is 11.3 Å². The summed E-state index contributed by atoms with van der Waals surface area (Å²) in [6, 6.07) is 6.74. The maximum absolute atomic E-state index is 14.1. The summed E-state index contributed by atoms with van der Waals surface area (Å²) in [5.41, 5.74) is -0.0216. The summed E-state index contributed by atoms with van der Waals surface area (Å²) in [5.74, 6) is -16.2. The second-order valence-corrected chi connectivity index (χ2v) is 11.9. The van der Waals surface area contributed by atoms with E-state index in [9.17, 15) is 35.9 Å². The van der Waals surface area contributed by atoms with E-state index in [-0.39, 0.29) is 13.0 Å². The van der Waals surface area contributed by atoms with E-state index in [0.29, 0.717) is 16.3 Å². The van der Waals surface area contributed by atoms with Crippen molar-refractivity contribution in [3.63, 3.8) is 0 Å². The highest BCUT2D eigenvalue weighted by molar-refractivity contribution is 7.09. The van der Waals surface area contributed by atoms with E-state index in [1.54, 1.807) is 39.0 Å². The Labute approximate surface area is 250 Å². The smallest absolute Gasteiger partial charge is 0.410 e. The molecule has 5 rings (SSSR count). The highest BCUT2D eigenvalue weighted by Gasteiger charge is 2.43. The molecule has 0 bridgehead atoms. The van der Waals surface area contributed by atoms with Crippen LogP contribution in [0.4, 0.5) is 31.1 Å². The molecule has 3 heterocycles. The van der Waals surface area contributed by atoms with Crippen LogP contribution < -0.4 is 4.74 Å². The standard InChI is InChI=1S/C29H24F6N4O4S/c1-29(2,3)43-28(41)39-11-16(13-4-6-14(30)7-5-13)15(10-19(39)17-8-9-36-38-17)26-37-18(12-44-26)27(40)42-25-23(34)21(32)20(31)22(33)24(25)35/h4-9,12,15-16,19H,10-11H2,1-3H3,(H,36,38). The molecule has 0 radical (unpaired) electrons. The number of ether oxygens (including phenoxy) is 2. The number of thiazole rings is 1. The molecule has 1 amide bonds. The molecule has 4 aromatic rings. The molecule has 8 nitrogen and oxygen atoms in total. The number of amides is 1. The molecule has 232 valence electrons. The predicted molar refractivity (Wildman–Crippen MR) is 144 cm³/mol. The van der Waals surface area contributed by atoms with E-state index in [1.165, 1.54) is 28.6 Å². The summed E-state index contributed by atoms with van der Waals surface area (Å²) in [6.45, 7) is 5.26. The summed E-state index contributed by atoms with van der Waals surface area (Å²) < 4.78 is 93.0. The number of nitrogens with zero attached hydrogens (tertiary/aromatic N) is 3. The quantitative estimate of drug-likeness (QED) is 0.0819. The zero-order valence-electron chi connectivity index (χ0n) is 23.3. The molecule has 3 unspecified atom stereocenters. The second kappa shape index (κ2) is 11.9. The van der Waals surface area contributed by atoms with Gasteiger partial charge in [-0.3, -0.25) is 10.00 Å². The van der Waals surface area contributed by atoms with Crippen LogP contribution in [0, 0.1) is 34.9 Å². The molecule has 2 aromatic carbocycles. The number of likely N-dealkylation sites (tertiary alicyclic amines) is 1.